The number of sulfonamides is 1. The molecule has 0 radical (unpaired) electrons. The minimum absolute atomic E-state index is 0.0606. The third-order valence-electron chi connectivity index (χ3n) is 4.35. The molecule has 1 N–H and O–H groups in total. The van der Waals surface area contributed by atoms with Gasteiger partial charge in [0.05, 0.1) is 28.1 Å². The molecular formula is C16H21ClN2O4S. The maximum absolute atomic E-state index is 12.3. The van der Waals surface area contributed by atoms with E-state index in [0.29, 0.717) is 30.8 Å². The SMILES string of the molecule is O=C(NC[C@@H]1CCCO1)c1ccc(N2CCCCS2(=O)=O)cc1Cl. The highest BCUT2D eigenvalue weighted by molar-refractivity contribution is 7.92. The fourth-order valence-electron chi connectivity index (χ4n) is 3.03. The second-order valence-electron chi connectivity index (χ2n) is 6.10. The Labute approximate surface area is 147 Å². The van der Waals surface area contributed by atoms with Crippen molar-refractivity contribution in [2.24, 2.45) is 0 Å². The summed E-state index contributed by atoms with van der Waals surface area (Å²) in [5, 5.41) is 3.06. The number of carbonyl (C=O) groups excluding carboxylic acids is 1. The van der Waals surface area contributed by atoms with Gasteiger partial charge in [-0.3, -0.25) is 9.10 Å². The van der Waals surface area contributed by atoms with Crippen molar-refractivity contribution in [3.05, 3.63) is 28.8 Å². The zero-order valence-electron chi connectivity index (χ0n) is 13.3. The monoisotopic (exact) mass is 372 g/mol. The lowest BCUT2D eigenvalue weighted by Gasteiger charge is -2.28. The minimum atomic E-state index is -3.29. The summed E-state index contributed by atoms with van der Waals surface area (Å²) in [6.45, 7) is 1.64. The van der Waals surface area contributed by atoms with Crippen LogP contribution < -0.4 is 9.62 Å². The van der Waals surface area contributed by atoms with Gasteiger partial charge in [-0.2, -0.15) is 0 Å². The van der Waals surface area contributed by atoms with E-state index in [1.54, 1.807) is 18.2 Å². The van der Waals surface area contributed by atoms with Crippen molar-refractivity contribution in [1.29, 1.82) is 0 Å². The molecule has 1 atom stereocenters. The van der Waals surface area contributed by atoms with E-state index in [1.165, 1.54) is 4.31 Å². The molecule has 3 rings (SSSR count). The molecule has 0 aromatic heterocycles. The number of halogens is 1. The Morgan fingerprint density at radius 1 is 1.33 bits per heavy atom. The maximum atomic E-state index is 12.3. The van der Waals surface area contributed by atoms with E-state index >= 15 is 0 Å². The number of nitrogens with one attached hydrogen (secondary N) is 1. The van der Waals surface area contributed by atoms with Gasteiger partial charge < -0.3 is 10.1 Å². The van der Waals surface area contributed by atoms with Gasteiger partial charge in [0.25, 0.3) is 5.91 Å². The first-order valence-electron chi connectivity index (χ1n) is 8.17. The van der Waals surface area contributed by atoms with Crippen LogP contribution in [0.2, 0.25) is 5.02 Å². The van der Waals surface area contributed by atoms with Gasteiger partial charge in [-0.15, -0.1) is 0 Å². The van der Waals surface area contributed by atoms with Crippen LogP contribution in [-0.4, -0.2) is 45.9 Å². The van der Waals surface area contributed by atoms with Gasteiger partial charge in [0.1, 0.15) is 0 Å². The highest BCUT2D eigenvalue weighted by Crippen LogP contribution is 2.28. The lowest BCUT2D eigenvalue weighted by atomic mass is 10.1. The van der Waals surface area contributed by atoms with Crippen molar-refractivity contribution < 1.29 is 17.9 Å². The summed E-state index contributed by atoms with van der Waals surface area (Å²) in [4.78, 5) is 12.3. The summed E-state index contributed by atoms with van der Waals surface area (Å²) in [6.07, 6.45) is 3.52. The summed E-state index contributed by atoms with van der Waals surface area (Å²) in [6, 6.07) is 4.76. The van der Waals surface area contributed by atoms with Crippen LogP contribution in [0.3, 0.4) is 0 Å². The molecule has 1 aromatic carbocycles. The molecule has 6 nitrogen and oxygen atoms in total. The van der Waals surface area contributed by atoms with Crippen LogP contribution in [0.15, 0.2) is 18.2 Å². The standard InChI is InChI=1S/C16H21ClN2O4S/c17-15-10-12(19-7-1-2-9-24(19,21)22)5-6-14(15)16(20)18-11-13-4-3-8-23-13/h5-6,10,13H,1-4,7-9,11H2,(H,18,20)/t13-/m0/s1. The molecule has 2 heterocycles. The number of amides is 1. The van der Waals surface area contributed by atoms with Gasteiger partial charge in [0, 0.05) is 19.7 Å². The Balaban J connectivity index is 1.71. The van der Waals surface area contributed by atoms with Crippen molar-refractivity contribution in [2.75, 3.05) is 29.8 Å². The van der Waals surface area contributed by atoms with Gasteiger partial charge in [0.15, 0.2) is 0 Å². The molecule has 24 heavy (non-hydrogen) atoms. The molecule has 2 fully saturated rings. The summed E-state index contributed by atoms with van der Waals surface area (Å²) in [5.41, 5.74) is 0.850. The minimum Gasteiger partial charge on any atom is -0.376 e. The molecule has 2 saturated heterocycles. The molecule has 1 amide bonds. The number of anilines is 1. The van der Waals surface area contributed by atoms with E-state index in [2.05, 4.69) is 5.32 Å². The van der Waals surface area contributed by atoms with E-state index in [9.17, 15) is 13.2 Å². The summed E-state index contributed by atoms with van der Waals surface area (Å²) >= 11 is 6.22. The van der Waals surface area contributed by atoms with Crippen LogP contribution in [0.25, 0.3) is 0 Å². The van der Waals surface area contributed by atoms with Gasteiger partial charge in [-0.1, -0.05) is 11.6 Å². The number of hydrogen-bond donors (Lipinski definition) is 1. The van der Waals surface area contributed by atoms with E-state index in [-0.39, 0.29) is 22.8 Å². The maximum Gasteiger partial charge on any atom is 0.252 e. The van der Waals surface area contributed by atoms with E-state index in [1.807, 2.05) is 0 Å². The van der Waals surface area contributed by atoms with Crippen LogP contribution in [-0.2, 0) is 14.8 Å². The Morgan fingerprint density at radius 3 is 2.83 bits per heavy atom. The molecule has 0 unspecified atom stereocenters. The highest BCUT2D eigenvalue weighted by atomic mass is 35.5. The average Bonchev–Trinajstić information content (AvgIpc) is 3.05. The zero-order valence-corrected chi connectivity index (χ0v) is 14.9. The van der Waals surface area contributed by atoms with E-state index < -0.39 is 10.0 Å². The normalized spacial score (nSPS) is 23.2. The first kappa shape index (κ1) is 17.5. The van der Waals surface area contributed by atoms with E-state index in [0.717, 1.165) is 25.9 Å². The summed E-state index contributed by atoms with van der Waals surface area (Å²) in [7, 11) is -3.29. The Bertz CT molecular complexity index is 717. The second kappa shape index (κ2) is 7.29. The predicted molar refractivity (Wildman–Crippen MR) is 93.1 cm³/mol. The molecule has 8 heteroatoms. The topological polar surface area (TPSA) is 75.7 Å². The van der Waals surface area contributed by atoms with Crippen molar-refractivity contribution in [3.8, 4) is 0 Å². The van der Waals surface area contributed by atoms with E-state index in [4.69, 9.17) is 16.3 Å². The molecule has 132 valence electrons. The third kappa shape index (κ3) is 3.84. The average molecular weight is 373 g/mol. The number of rotatable bonds is 4. The van der Waals surface area contributed by atoms with Crippen LogP contribution >= 0.6 is 11.6 Å². The zero-order chi connectivity index (χ0) is 17.2. The fourth-order valence-corrected chi connectivity index (χ4v) is 4.92. The number of benzene rings is 1. The molecule has 2 aliphatic heterocycles. The summed E-state index contributed by atoms with van der Waals surface area (Å²) in [5.74, 6) is -0.127. The van der Waals surface area contributed by atoms with Crippen LogP contribution in [0.5, 0.6) is 0 Å². The molecule has 1 aromatic rings. The largest absolute Gasteiger partial charge is 0.376 e. The first-order valence-corrected chi connectivity index (χ1v) is 10.2. The molecule has 2 aliphatic rings. The second-order valence-corrected chi connectivity index (χ2v) is 8.52. The number of nitrogens with zero attached hydrogens (tertiary/aromatic N) is 1. The molecule has 0 saturated carbocycles. The van der Waals surface area contributed by atoms with Crippen molar-refractivity contribution >= 4 is 33.2 Å². The highest BCUT2D eigenvalue weighted by Gasteiger charge is 2.27. The molecule has 0 spiro atoms. The predicted octanol–water partition coefficient (Wildman–Crippen LogP) is 2.18. The number of carbonyl (C=O) groups is 1. The third-order valence-corrected chi connectivity index (χ3v) is 6.53. The first-order chi connectivity index (χ1) is 11.5. The van der Waals surface area contributed by atoms with Crippen molar-refractivity contribution in [3.63, 3.8) is 0 Å². The van der Waals surface area contributed by atoms with Crippen LogP contribution in [0.4, 0.5) is 5.69 Å². The molecule has 0 bridgehead atoms. The quantitative estimate of drug-likeness (QED) is 0.878. The van der Waals surface area contributed by atoms with Crippen molar-refractivity contribution in [2.45, 2.75) is 31.8 Å². The lowest BCUT2D eigenvalue weighted by molar-refractivity contribution is 0.0858. The smallest absolute Gasteiger partial charge is 0.252 e. The molecule has 0 aliphatic carbocycles. The Kier molecular flexibility index (Phi) is 5.32. The van der Waals surface area contributed by atoms with Crippen LogP contribution in [0, 0.1) is 0 Å². The molecular weight excluding hydrogens is 352 g/mol. The number of ether oxygens (including phenoxy) is 1. The Hall–Kier alpha value is -1.31. The fraction of sp³-hybridized carbons (Fsp3) is 0.562. The van der Waals surface area contributed by atoms with Gasteiger partial charge in [-0.05, 0) is 43.9 Å². The lowest BCUT2D eigenvalue weighted by Crippen LogP contribution is -2.38. The van der Waals surface area contributed by atoms with Gasteiger partial charge in [0.2, 0.25) is 10.0 Å². The van der Waals surface area contributed by atoms with Gasteiger partial charge >= 0.3 is 0 Å². The van der Waals surface area contributed by atoms with Crippen LogP contribution in [0.1, 0.15) is 36.0 Å². The number of hydrogen-bond acceptors (Lipinski definition) is 4. The summed E-state index contributed by atoms with van der Waals surface area (Å²) < 4.78 is 31.1. The van der Waals surface area contributed by atoms with Crippen molar-refractivity contribution in [1.82, 2.24) is 5.32 Å². The Morgan fingerprint density at radius 2 is 2.17 bits per heavy atom. The van der Waals surface area contributed by atoms with Gasteiger partial charge in [-0.25, -0.2) is 8.42 Å².